The minimum absolute atomic E-state index is 0.100. The molecule has 1 aliphatic heterocycles. The van der Waals surface area contributed by atoms with Gasteiger partial charge in [0, 0.05) is 52.4 Å². The number of hydrogen-bond acceptors (Lipinski definition) is 3. The summed E-state index contributed by atoms with van der Waals surface area (Å²) >= 11 is 0. The van der Waals surface area contributed by atoms with Gasteiger partial charge < -0.3 is 15.1 Å². The Morgan fingerprint density at radius 2 is 1.57 bits per heavy atom. The molecule has 8 heteroatoms. The van der Waals surface area contributed by atoms with Crippen molar-refractivity contribution in [2.75, 3.05) is 45.8 Å². The number of halogens is 2. The number of benzene rings is 2. The number of amides is 3. The summed E-state index contributed by atoms with van der Waals surface area (Å²) in [5, 5.41) is 3.04. The smallest absolute Gasteiger partial charge is 0.317 e. The molecule has 0 unspecified atom stereocenters. The number of carbonyl (C=O) groups excluding carboxylic acids is 2. The topological polar surface area (TPSA) is 55.9 Å². The van der Waals surface area contributed by atoms with Crippen LogP contribution in [0.15, 0.2) is 48.5 Å². The van der Waals surface area contributed by atoms with E-state index in [1.165, 1.54) is 49.9 Å². The Morgan fingerprint density at radius 1 is 0.892 bits per heavy atom. The highest BCUT2D eigenvalue weighted by molar-refractivity contribution is 5.94. The SMILES string of the molecule is CCCCCCCCNC(=O)N(CCN1CCN(C(=O)c2ccccc2F)CC1)Cc1ccc(F)cc1. The Balaban J connectivity index is 1.48. The maximum atomic E-state index is 14.0. The molecule has 0 radical (unpaired) electrons. The van der Waals surface area contributed by atoms with Crippen LogP contribution in [0.3, 0.4) is 0 Å². The number of unbranched alkanes of at least 4 members (excludes halogenated alkanes) is 5. The second kappa shape index (κ2) is 15.3. The fourth-order valence-corrected chi connectivity index (χ4v) is 4.52. The molecular formula is C29H40F2N4O2. The molecule has 0 aromatic heterocycles. The summed E-state index contributed by atoms with van der Waals surface area (Å²) in [5.74, 6) is -1.09. The van der Waals surface area contributed by atoms with E-state index in [0.29, 0.717) is 52.4 Å². The second-order valence-corrected chi connectivity index (χ2v) is 9.66. The molecule has 1 N–H and O–H groups in total. The van der Waals surface area contributed by atoms with Gasteiger partial charge in [0.25, 0.3) is 5.91 Å². The molecule has 1 saturated heterocycles. The van der Waals surface area contributed by atoms with Gasteiger partial charge in [-0.2, -0.15) is 0 Å². The molecule has 0 saturated carbocycles. The summed E-state index contributed by atoms with van der Waals surface area (Å²) in [4.78, 5) is 31.3. The Kier molecular flexibility index (Phi) is 11.8. The summed E-state index contributed by atoms with van der Waals surface area (Å²) in [6, 6.07) is 12.2. The Labute approximate surface area is 219 Å². The number of rotatable bonds is 13. The predicted octanol–water partition coefficient (Wildman–Crippen LogP) is 5.29. The van der Waals surface area contributed by atoms with Crippen LogP contribution >= 0.6 is 0 Å². The van der Waals surface area contributed by atoms with Crippen LogP contribution in [0.1, 0.15) is 61.4 Å². The summed E-state index contributed by atoms with van der Waals surface area (Å²) in [5.41, 5.74) is 0.972. The van der Waals surface area contributed by atoms with Gasteiger partial charge in [-0.05, 0) is 36.2 Å². The molecule has 3 rings (SSSR count). The molecule has 1 fully saturated rings. The van der Waals surface area contributed by atoms with E-state index in [4.69, 9.17) is 0 Å². The first kappa shape index (κ1) is 28.6. The Bertz CT molecular complexity index is 978. The molecule has 0 atom stereocenters. The zero-order valence-corrected chi connectivity index (χ0v) is 21.9. The van der Waals surface area contributed by atoms with Crippen molar-refractivity contribution < 1.29 is 18.4 Å². The van der Waals surface area contributed by atoms with Gasteiger partial charge in [0.1, 0.15) is 11.6 Å². The van der Waals surface area contributed by atoms with Crippen LogP contribution in [0.2, 0.25) is 0 Å². The van der Waals surface area contributed by atoms with Gasteiger partial charge in [-0.25, -0.2) is 13.6 Å². The highest BCUT2D eigenvalue weighted by Crippen LogP contribution is 2.13. The van der Waals surface area contributed by atoms with E-state index in [9.17, 15) is 18.4 Å². The van der Waals surface area contributed by atoms with Gasteiger partial charge in [0.05, 0.1) is 5.56 Å². The standard InChI is InChI=1S/C29H40F2N4O2/c1-2-3-4-5-6-9-16-32-29(37)35(23-24-12-14-25(30)15-13-24)22-19-33-17-20-34(21-18-33)28(36)26-10-7-8-11-27(26)31/h7-8,10-15H,2-6,9,16-23H2,1H3,(H,32,37). The van der Waals surface area contributed by atoms with Crippen LogP contribution in [0, 0.1) is 11.6 Å². The molecule has 0 spiro atoms. The average molecular weight is 515 g/mol. The fourth-order valence-electron chi connectivity index (χ4n) is 4.52. The molecular weight excluding hydrogens is 474 g/mol. The first-order valence-electron chi connectivity index (χ1n) is 13.5. The van der Waals surface area contributed by atoms with Crippen molar-refractivity contribution in [3.05, 3.63) is 71.3 Å². The Morgan fingerprint density at radius 3 is 2.27 bits per heavy atom. The molecule has 1 heterocycles. The molecule has 2 aromatic rings. The lowest BCUT2D eigenvalue weighted by Gasteiger charge is -2.36. The van der Waals surface area contributed by atoms with Crippen molar-refractivity contribution in [1.82, 2.24) is 20.0 Å². The van der Waals surface area contributed by atoms with Crippen LogP contribution in [0.25, 0.3) is 0 Å². The number of piperazine rings is 1. The largest absolute Gasteiger partial charge is 0.338 e. The fraction of sp³-hybridized carbons (Fsp3) is 0.517. The normalized spacial score (nSPS) is 14.0. The van der Waals surface area contributed by atoms with Crippen molar-refractivity contribution in [1.29, 1.82) is 0 Å². The van der Waals surface area contributed by atoms with Gasteiger partial charge in [-0.3, -0.25) is 9.69 Å². The highest BCUT2D eigenvalue weighted by atomic mass is 19.1. The first-order valence-corrected chi connectivity index (χ1v) is 13.5. The number of carbonyl (C=O) groups is 2. The molecule has 6 nitrogen and oxygen atoms in total. The molecule has 3 amide bonds. The molecule has 202 valence electrons. The third kappa shape index (κ3) is 9.43. The number of nitrogens with zero attached hydrogens (tertiary/aromatic N) is 3. The molecule has 0 aliphatic carbocycles. The van der Waals surface area contributed by atoms with Crippen molar-refractivity contribution in [2.45, 2.75) is 52.0 Å². The summed E-state index contributed by atoms with van der Waals surface area (Å²) < 4.78 is 27.4. The highest BCUT2D eigenvalue weighted by Gasteiger charge is 2.24. The van der Waals surface area contributed by atoms with Gasteiger partial charge in [0.15, 0.2) is 0 Å². The van der Waals surface area contributed by atoms with Gasteiger partial charge >= 0.3 is 6.03 Å². The van der Waals surface area contributed by atoms with E-state index in [-0.39, 0.29) is 23.3 Å². The van der Waals surface area contributed by atoms with Crippen molar-refractivity contribution in [3.63, 3.8) is 0 Å². The minimum atomic E-state index is -0.502. The third-order valence-electron chi connectivity index (χ3n) is 6.83. The maximum Gasteiger partial charge on any atom is 0.317 e. The molecule has 37 heavy (non-hydrogen) atoms. The number of hydrogen-bond donors (Lipinski definition) is 1. The van der Waals surface area contributed by atoms with Crippen LogP contribution in [-0.4, -0.2) is 72.5 Å². The van der Waals surface area contributed by atoms with E-state index < -0.39 is 5.82 Å². The van der Waals surface area contributed by atoms with Crippen molar-refractivity contribution >= 4 is 11.9 Å². The maximum absolute atomic E-state index is 14.0. The summed E-state index contributed by atoms with van der Waals surface area (Å²) in [7, 11) is 0. The lowest BCUT2D eigenvalue weighted by atomic mass is 10.1. The lowest BCUT2D eigenvalue weighted by Crippen LogP contribution is -2.51. The quantitative estimate of drug-likeness (QED) is 0.370. The van der Waals surface area contributed by atoms with E-state index >= 15 is 0 Å². The van der Waals surface area contributed by atoms with Crippen LogP contribution in [0.5, 0.6) is 0 Å². The third-order valence-corrected chi connectivity index (χ3v) is 6.83. The van der Waals surface area contributed by atoms with Crippen LogP contribution in [0.4, 0.5) is 13.6 Å². The monoisotopic (exact) mass is 514 g/mol. The average Bonchev–Trinajstić information content (AvgIpc) is 2.91. The van der Waals surface area contributed by atoms with E-state index in [0.717, 1.165) is 18.4 Å². The van der Waals surface area contributed by atoms with Crippen LogP contribution < -0.4 is 5.32 Å². The van der Waals surface area contributed by atoms with E-state index in [1.807, 2.05) is 0 Å². The molecule has 2 aromatic carbocycles. The second-order valence-electron chi connectivity index (χ2n) is 9.66. The summed E-state index contributed by atoms with van der Waals surface area (Å²) in [6.07, 6.45) is 6.95. The number of urea groups is 1. The van der Waals surface area contributed by atoms with Crippen LogP contribution in [-0.2, 0) is 6.54 Å². The van der Waals surface area contributed by atoms with Gasteiger partial charge in [-0.1, -0.05) is 63.3 Å². The Hall–Kier alpha value is -3.00. The van der Waals surface area contributed by atoms with Gasteiger partial charge in [0.2, 0.25) is 0 Å². The minimum Gasteiger partial charge on any atom is -0.338 e. The molecule has 1 aliphatic rings. The van der Waals surface area contributed by atoms with Gasteiger partial charge in [-0.15, -0.1) is 0 Å². The van der Waals surface area contributed by atoms with E-state index in [1.54, 1.807) is 34.1 Å². The lowest BCUT2D eigenvalue weighted by molar-refractivity contribution is 0.0623. The predicted molar refractivity (Wildman–Crippen MR) is 142 cm³/mol. The van der Waals surface area contributed by atoms with Crippen molar-refractivity contribution in [2.24, 2.45) is 0 Å². The van der Waals surface area contributed by atoms with Crippen molar-refractivity contribution in [3.8, 4) is 0 Å². The zero-order valence-electron chi connectivity index (χ0n) is 21.9. The number of nitrogens with one attached hydrogen (secondary N) is 1. The zero-order chi connectivity index (χ0) is 26.5. The first-order chi connectivity index (χ1) is 18.0. The summed E-state index contributed by atoms with van der Waals surface area (Å²) in [6.45, 7) is 6.74. The van der Waals surface area contributed by atoms with E-state index in [2.05, 4.69) is 17.1 Å². The molecule has 0 bridgehead atoms.